The molecule has 0 radical (unpaired) electrons. The quantitative estimate of drug-likeness (QED) is 0.716. The van der Waals surface area contributed by atoms with Gasteiger partial charge in [-0.3, -0.25) is 4.79 Å². The molecule has 1 amide bonds. The summed E-state index contributed by atoms with van der Waals surface area (Å²) in [6.45, 7) is 3.41. The Morgan fingerprint density at radius 1 is 1.11 bits per heavy atom. The van der Waals surface area contributed by atoms with Crippen molar-refractivity contribution < 1.29 is 4.79 Å². The number of benzene rings is 1. The molecule has 0 unspecified atom stereocenters. The molecule has 6 heteroatoms. The number of carbonyl (C=O) groups is 1. The van der Waals surface area contributed by atoms with Gasteiger partial charge in [-0.05, 0) is 36.8 Å². The van der Waals surface area contributed by atoms with E-state index in [0.717, 1.165) is 63.5 Å². The van der Waals surface area contributed by atoms with Crippen molar-refractivity contribution in [2.24, 2.45) is 0 Å². The molecule has 0 bridgehead atoms. The van der Waals surface area contributed by atoms with E-state index in [2.05, 4.69) is 43.7 Å². The molecule has 2 aliphatic rings. The van der Waals surface area contributed by atoms with Gasteiger partial charge in [-0.15, -0.1) is 10.2 Å². The lowest BCUT2D eigenvalue weighted by Crippen LogP contribution is -2.40. The summed E-state index contributed by atoms with van der Waals surface area (Å²) in [5, 5.41) is 10.0. The summed E-state index contributed by atoms with van der Waals surface area (Å²) in [7, 11) is 0. The summed E-state index contributed by atoms with van der Waals surface area (Å²) in [5.41, 5.74) is 1.20. The third-order valence-electron chi connectivity index (χ3n) is 6.02. The largest absolute Gasteiger partial charge is 0.347 e. The van der Waals surface area contributed by atoms with E-state index >= 15 is 0 Å². The van der Waals surface area contributed by atoms with E-state index in [-0.39, 0.29) is 5.91 Å². The zero-order chi connectivity index (χ0) is 18.2. The van der Waals surface area contributed by atoms with Gasteiger partial charge in [-0.25, -0.2) is 0 Å². The van der Waals surface area contributed by atoms with E-state index in [4.69, 9.17) is 0 Å². The molecule has 2 aromatic heterocycles. The normalized spacial score (nSPS) is 19.6. The van der Waals surface area contributed by atoms with Crippen LogP contribution in [0.3, 0.4) is 0 Å². The molecule has 140 valence electrons. The standard InChI is InChI=1S/C21H25N5O/c27-20(10-14-24-13-9-16-5-1-2-7-18(16)24)25-11-3-6-17(15-25)21-23-22-19-8-4-12-26(19)21/h1-2,5,7,9,13,17H,3-4,6,8,10-12,14-15H2/t17-/m1/s1. The van der Waals surface area contributed by atoms with E-state index in [9.17, 15) is 4.79 Å². The molecule has 0 aliphatic carbocycles. The maximum absolute atomic E-state index is 12.8. The first-order valence-corrected chi connectivity index (χ1v) is 10.0. The summed E-state index contributed by atoms with van der Waals surface area (Å²) >= 11 is 0. The van der Waals surface area contributed by atoms with Crippen molar-refractivity contribution in [3.05, 3.63) is 48.2 Å². The number of fused-ring (bicyclic) bond motifs is 2. The highest BCUT2D eigenvalue weighted by Crippen LogP contribution is 2.28. The minimum atomic E-state index is 0.249. The Balaban J connectivity index is 1.25. The minimum absolute atomic E-state index is 0.249. The van der Waals surface area contributed by atoms with Crippen molar-refractivity contribution in [3.63, 3.8) is 0 Å². The van der Waals surface area contributed by atoms with Crippen LogP contribution in [-0.2, 0) is 24.3 Å². The number of para-hydroxylation sites is 1. The van der Waals surface area contributed by atoms with Gasteiger partial charge in [-0.2, -0.15) is 0 Å². The second-order valence-corrected chi connectivity index (χ2v) is 7.73. The second kappa shape index (κ2) is 6.83. The van der Waals surface area contributed by atoms with Crippen molar-refractivity contribution >= 4 is 16.8 Å². The molecule has 27 heavy (non-hydrogen) atoms. The first-order valence-electron chi connectivity index (χ1n) is 10.0. The van der Waals surface area contributed by atoms with Crippen LogP contribution >= 0.6 is 0 Å². The lowest BCUT2D eigenvalue weighted by molar-refractivity contribution is -0.132. The van der Waals surface area contributed by atoms with Crippen molar-refractivity contribution in [2.45, 2.75) is 51.1 Å². The number of piperidine rings is 1. The summed E-state index contributed by atoms with van der Waals surface area (Å²) in [4.78, 5) is 14.9. The topological polar surface area (TPSA) is 56.0 Å². The van der Waals surface area contributed by atoms with Crippen LogP contribution in [0.4, 0.5) is 0 Å². The Labute approximate surface area is 158 Å². The Bertz CT molecular complexity index is 972. The van der Waals surface area contributed by atoms with E-state index < -0.39 is 0 Å². The molecule has 6 nitrogen and oxygen atoms in total. The highest BCUT2D eigenvalue weighted by atomic mass is 16.2. The van der Waals surface area contributed by atoms with Crippen LogP contribution in [0.2, 0.25) is 0 Å². The van der Waals surface area contributed by atoms with Crippen LogP contribution in [0.25, 0.3) is 10.9 Å². The third-order valence-corrected chi connectivity index (χ3v) is 6.02. The molecule has 2 aliphatic heterocycles. The predicted molar refractivity (Wildman–Crippen MR) is 103 cm³/mol. The molecule has 1 saturated heterocycles. The number of amides is 1. The van der Waals surface area contributed by atoms with Crippen LogP contribution in [-0.4, -0.2) is 43.2 Å². The molecule has 3 aromatic rings. The average molecular weight is 363 g/mol. The van der Waals surface area contributed by atoms with Gasteiger partial charge in [0.15, 0.2) is 0 Å². The smallest absolute Gasteiger partial charge is 0.224 e. The van der Waals surface area contributed by atoms with Gasteiger partial charge in [0.25, 0.3) is 0 Å². The fourth-order valence-electron chi connectivity index (χ4n) is 4.60. The fourth-order valence-corrected chi connectivity index (χ4v) is 4.60. The monoisotopic (exact) mass is 363 g/mol. The minimum Gasteiger partial charge on any atom is -0.347 e. The van der Waals surface area contributed by atoms with Gasteiger partial charge in [0.05, 0.1) is 0 Å². The van der Waals surface area contributed by atoms with Crippen LogP contribution in [0.5, 0.6) is 0 Å². The van der Waals surface area contributed by atoms with Gasteiger partial charge < -0.3 is 14.0 Å². The van der Waals surface area contributed by atoms with Gasteiger partial charge in [0.2, 0.25) is 5.91 Å². The highest BCUT2D eigenvalue weighted by Gasteiger charge is 2.30. The summed E-state index contributed by atoms with van der Waals surface area (Å²) in [6.07, 6.45) is 6.97. The van der Waals surface area contributed by atoms with Crippen molar-refractivity contribution in [1.82, 2.24) is 24.2 Å². The summed E-state index contributed by atoms with van der Waals surface area (Å²) < 4.78 is 4.46. The molecule has 1 fully saturated rings. The van der Waals surface area contributed by atoms with E-state index in [1.807, 2.05) is 17.0 Å². The molecule has 0 N–H and O–H groups in total. The Kier molecular flexibility index (Phi) is 4.19. The maximum atomic E-state index is 12.8. The first kappa shape index (κ1) is 16.5. The Morgan fingerprint density at radius 3 is 3.00 bits per heavy atom. The van der Waals surface area contributed by atoms with Crippen molar-refractivity contribution in [2.75, 3.05) is 13.1 Å². The van der Waals surface area contributed by atoms with Crippen LogP contribution < -0.4 is 0 Å². The van der Waals surface area contributed by atoms with Crippen molar-refractivity contribution in [1.29, 1.82) is 0 Å². The number of rotatable bonds is 4. The number of aryl methyl sites for hydroxylation is 2. The third kappa shape index (κ3) is 3.03. The highest BCUT2D eigenvalue weighted by molar-refractivity contribution is 5.80. The lowest BCUT2D eigenvalue weighted by atomic mass is 9.97. The van der Waals surface area contributed by atoms with Gasteiger partial charge in [-0.1, -0.05) is 18.2 Å². The molecular weight excluding hydrogens is 338 g/mol. The second-order valence-electron chi connectivity index (χ2n) is 7.73. The Hall–Kier alpha value is -2.63. The zero-order valence-electron chi connectivity index (χ0n) is 15.5. The van der Waals surface area contributed by atoms with Crippen LogP contribution in [0.1, 0.15) is 43.3 Å². The fraction of sp³-hybridized carbons (Fsp3) is 0.476. The van der Waals surface area contributed by atoms with Crippen LogP contribution in [0, 0.1) is 0 Å². The number of likely N-dealkylation sites (tertiary alicyclic amines) is 1. The Morgan fingerprint density at radius 2 is 2.04 bits per heavy atom. The van der Waals surface area contributed by atoms with Crippen molar-refractivity contribution in [3.8, 4) is 0 Å². The molecule has 1 aromatic carbocycles. The molecule has 0 saturated carbocycles. The maximum Gasteiger partial charge on any atom is 0.224 e. The number of hydrogen-bond donors (Lipinski definition) is 0. The van der Waals surface area contributed by atoms with E-state index in [1.165, 1.54) is 10.9 Å². The van der Waals surface area contributed by atoms with Crippen LogP contribution in [0.15, 0.2) is 36.5 Å². The molecule has 5 rings (SSSR count). The first-order chi connectivity index (χ1) is 13.3. The average Bonchev–Trinajstić information content (AvgIpc) is 3.42. The van der Waals surface area contributed by atoms with E-state index in [1.54, 1.807) is 0 Å². The lowest BCUT2D eigenvalue weighted by Gasteiger charge is -2.32. The number of nitrogens with zero attached hydrogens (tertiary/aromatic N) is 5. The van der Waals surface area contributed by atoms with Gasteiger partial charge in [0.1, 0.15) is 11.6 Å². The van der Waals surface area contributed by atoms with Gasteiger partial charge >= 0.3 is 0 Å². The summed E-state index contributed by atoms with van der Waals surface area (Å²) in [5.74, 6) is 2.79. The SMILES string of the molecule is O=C(CCn1ccc2ccccc21)N1CCC[C@@H](c2nnc3n2CCC3)C1. The molecule has 4 heterocycles. The summed E-state index contributed by atoms with van der Waals surface area (Å²) in [6, 6.07) is 10.4. The molecular formula is C21H25N5O. The number of aromatic nitrogens is 4. The zero-order valence-corrected chi connectivity index (χ0v) is 15.5. The van der Waals surface area contributed by atoms with E-state index in [0.29, 0.717) is 12.3 Å². The molecule has 1 atom stereocenters. The molecule has 0 spiro atoms. The number of carbonyl (C=O) groups excluding carboxylic acids is 1. The number of hydrogen-bond acceptors (Lipinski definition) is 3. The van der Waals surface area contributed by atoms with Gasteiger partial charge in [0, 0.05) is 56.7 Å². The predicted octanol–water partition coefficient (Wildman–Crippen LogP) is 2.98.